The van der Waals surface area contributed by atoms with E-state index in [0.29, 0.717) is 12.8 Å². The molecule has 0 fully saturated rings. The van der Waals surface area contributed by atoms with Crippen LogP contribution in [0.4, 0.5) is 0 Å². The van der Waals surface area contributed by atoms with Crippen LogP contribution in [0.2, 0.25) is 0 Å². The number of ketones is 1. The Hall–Kier alpha value is -1.15. The smallest absolute Gasteiger partial charge is 0.149 e. The fraction of sp³-hybridized carbons (Fsp3) is 0.500. The third-order valence-corrected chi connectivity index (χ3v) is 1.81. The summed E-state index contributed by atoms with van der Waals surface area (Å²) in [5.74, 6) is 0.0804. The molecule has 0 radical (unpaired) electrons. The Morgan fingerprint density at radius 3 is 2.12 bits per heavy atom. The number of carbonyl (C=O) groups is 1. The summed E-state index contributed by atoms with van der Waals surface area (Å²) in [7, 11) is 0. The van der Waals surface area contributed by atoms with Gasteiger partial charge in [0.2, 0.25) is 0 Å². The maximum absolute atomic E-state index is 11.2. The quantitative estimate of drug-likeness (QED) is 0.701. The van der Waals surface area contributed by atoms with Crippen molar-refractivity contribution in [3.8, 4) is 0 Å². The first-order chi connectivity index (χ1) is 7.56. The number of carbonyl (C=O) groups excluding carboxylic acids is 1. The molecule has 92 valence electrons. The molecule has 16 heavy (non-hydrogen) atoms. The van der Waals surface area contributed by atoms with Crippen LogP contribution >= 0.6 is 0 Å². The molecule has 2 nitrogen and oxygen atoms in total. The van der Waals surface area contributed by atoms with Crippen molar-refractivity contribution in [3.63, 3.8) is 0 Å². The molecule has 0 saturated heterocycles. The lowest BCUT2D eigenvalue weighted by atomic mass is 10.0. The molecule has 0 amide bonds. The maximum Gasteiger partial charge on any atom is 0.149 e. The molecule has 0 rings (SSSR count). The van der Waals surface area contributed by atoms with Gasteiger partial charge in [0, 0.05) is 6.42 Å². The van der Waals surface area contributed by atoms with Gasteiger partial charge in [0.15, 0.2) is 0 Å². The van der Waals surface area contributed by atoms with Crippen molar-refractivity contribution in [3.05, 3.63) is 37.0 Å². The molecule has 0 aliphatic carbocycles. The molecular weight excluding hydrogens is 198 g/mol. The van der Waals surface area contributed by atoms with Crippen LogP contribution in [0.25, 0.3) is 0 Å². The van der Waals surface area contributed by atoms with Gasteiger partial charge in [0.05, 0.1) is 6.04 Å². The van der Waals surface area contributed by atoms with Crippen LogP contribution in [0.5, 0.6) is 0 Å². The van der Waals surface area contributed by atoms with Crippen molar-refractivity contribution in [2.75, 3.05) is 0 Å². The fourth-order valence-corrected chi connectivity index (χ4v) is 1.00. The average Bonchev–Trinajstić information content (AvgIpc) is 2.28. The van der Waals surface area contributed by atoms with E-state index in [1.807, 2.05) is 13.0 Å². The van der Waals surface area contributed by atoms with Crippen LogP contribution in [0.3, 0.4) is 0 Å². The van der Waals surface area contributed by atoms with Crippen molar-refractivity contribution < 1.29 is 4.79 Å². The first-order valence-electron chi connectivity index (χ1n) is 5.79. The molecule has 1 atom stereocenters. The summed E-state index contributed by atoms with van der Waals surface area (Å²) in [6, 6.07) is -0.408. The van der Waals surface area contributed by atoms with E-state index in [0.717, 1.165) is 5.57 Å². The largest absolute Gasteiger partial charge is 0.321 e. The minimum atomic E-state index is -0.408. The predicted molar refractivity (Wildman–Crippen MR) is 72.3 cm³/mol. The van der Waals surface area contributed by atoms with Gasteiger partial charge in [-0.3, -0.25) is 4.79 Å². The molecule has 0 aliphatic heterocycles. The van der Waals surface area contributed by atoms with Crippen molar-refractivity contribution in [1.82, 2.24) is 0 Å². The minimum absolute atomic E-state index is 0.0804. The zero-order valence-corrected chi connectivity index (χ0v) is 10.8. The van der Waals surface area contributed by atoms with Crippen LogP contribution in [0.15, 0.2) is 37.0 Å². The maximum atomic E-state index is 11.2. The predicted octanol–water partition coefficient (Wildman–Crippen LogP) is 3.40. The molecule has 0 aromatic carbocycles. The fourth-order valence-electron chi connectivity index (χ4n) is 1.00. The molecule has 2 N–H and O–H groups in total. The zero-order valence-electron chi connectivity index (χ0n) is 10.8. The Kier molecular flexibility index (Phi) is 12.9. The molecule has 0 heterocycles. The second-order valence-electron chi connectivity index (χ2n) is 3.52. The van der Waals surface area contributed by atoms with Gasteiger partial charge in [0.25, 0.3) is 0 Å². The molecule has 0 aromatic heterocycles. The summed E-state index contributed by atoms with van der Waals surface area (Å²) < 4.78 is 0. The van der Waals surface area contributed by atoms with Crippen LogP contribution in [-0.2, 0) is 4.79 Å². The van der Waals surface area contributed by atoms with Gasteiger partial charge in [0.1, 0.15) is 5.78 Å². The molecule has 2 heteroatoms. The van der Waals surface area contributed by atoms with E-state index in [4.69, 9.17) is 5.73 Å². The lowest BCUT2D eigenvalue weighted by Gasteiger charge is -2.09. The van der Waals surface area contributed by atoms with E-state index in [9.17, 15) is 4.79 Å². The van der Waals surface area contributed by atoms with Crippen molar-refractivity contribution >= 4 is 5.78 Å². The monoisotopic (exact) mass is 223 g/mol. The number of Topliss-reactive ketones (excluding diaryl/α,β-unsaturated/α-hetero) is 1. The minimum Gasteiger partial charge on any atom is -0.321 e. The van der Waals surface area contributed by atoms with Gasteiger partial charge in [-0.25, -0.2) is 0 Å². The summed E-state index contributed by atoms with van der Waals surface area (Å²) in [4.78, 5) is 11.2. The number of nitrogens with two attached hydrogens (primary N) is 1. The van der Waals surface area contributed by atoms with Crippen LogP contribution in [0, 0.1) is 0 Å². The normalized spacial score (nSPS) is 12.1. The molecule has 0 aromatic rings. The first kappa shape index (κ1) is 17.3. The zero-order chi connectivity index (χ0) is 13.0. The summed E-state index contributed by atoms with van der Waals surface area (Å²) in [5.41, 5.74) is 6.61. The van der Waals surface area contributed by atoms with Crippen LogP contribution < -0.4 is 5.73 Å². The van der Waals surface area contributed by atoms with Crippen LogP contribution in [0.1, 0.15) is 40.0 Å². The Bertz CT molecular complexity index is 241. The van der Waals surface area contributed by atoms with Gasteiger partial charge in [-0.05, 0) is 12.0 Å². The number of allylic oxidation sites excluding steroid dienone is 3. The van der Waals surface area contributed by atoms with Crippen LogP contribution in [-0.4, -0.2) is 11.8 Å². The third kappa shape index (κ3) is 9.41. The Morgan fingerprint density at radius 1 is 1.31 bits per heavy atom. The summed E-state index contributed by atoms with van der Waals surface area (Å²) in [6.07, 6.45) is 7.46. The van der Waals surface area contributed by atoms with E-state index >= 15 is 0 Å². The van der Waals surface area contributed by atoms with E-state index in [2.05, 4.69) is 27.0 Å². The summed E-state index contributed by atoms with van der Waals surface area (Å²) in [5, 5.41) is 0. The van der Waals surface area contributed by atoms with Gasteiger partial charge in [-0.1, -0.05) is 58.6 Å². The van der Waals surface area contributed by atoms with Gasteiger partial charge in [-0.15, -0.1) is 0 Å². The second-order valence-corrected chi connectivity index (χ2v) is 3.52. The average molecular weight is 223 g/mol. The third-order valence-electron chi connectivity index (χ3n) is 1.81. The van der Waals surface area contributed by atoms with E-state index < -0.39 is 6.04 Å². The van der Waals surface area contributed by atoms with Crippen molar-refractivity contribution in [1.29, 1.82) is 0 Å². The molecule has 1 unspecified atom stereocenters. The Morgan fingerprint density at radius 2 is 1.81 bits per heavy atom. The summed E-state index contributed by atoms with van der Waals surface area (Å²) >= 11 is 0. The van der Waals surface area contributed by atoms with E-state index in [1.54, 1.807) is 12.2 Å². The van der Waals surface area contributed by atoms with Gasteiger partial charge < -0.3 is 5.73 Å². The highest BCUT2D eigenvalue weighted by atomic mass is 16.1. The molecule has 0 saturated carbocycles. The number of hydrogen-bond acceptors (Lipinski definition) is 2. The summed E-state index contributed by atoms with van der Waals surface area (Å²) in [6.45, 7) is 13.3. The standard InChI is InChI=1S/C11H17NO.C3H8/c1-4-7-9(5-2)8-10(12)11(13)6-3;1-3-2/h4-5,7,10H,1-2,6,8,12H2,3H3;3H2,1-2H3/b9-7+;. The first-order valence-corrected chi connectivity index (χ1v) is 5.79. The Labute approximate surface area is 99.9 Å². The van der Waals surface area contributed by atoms with Gasteiger partial charge >= 0.3 is 0 Å². The Balaban J connectivity index is 0. The highest BCUT2D eigenvalue weighted by Gasteiger charge is 2.11. The topological polar surface area (TPSA) is 43.1 Å². The van der Waals surface area contributed by atoms with Crippen molar-refractivity contribution in [2.45, 2.75) is 46.1 Å². The van der Waals surface area contributed by atoms with Gasteiger partial charge in [-0.2, -0.15) is 0 Å². The lowest BCUT2D eigenvalue weighted by Crippen LogP contribution is -2.30. The lowest BCUT2D eigenvalue weighted by molar-refractivity contribution is -0.119. The van der Waals surface area contributed by atoms with Crippen molar-refractivity contribution in [2.24, 2.45) is 5.73 Å². The SMILES string of the molecule is C=C/C=C(\C=C)CC(N)C(=O)CC.CCC. The molecule has 0 spiro atoms. The molecule has 0 bridgehead atoms. The number of rotatable bonds is 6. The highest BCUT2D eigenvalue weighted by Crippen LogP contribution is 2.07. The number of hydrogen-bond donors (Lipinski definition) is 1. The highest BCUT2D eigenvalue weighted by molar-refractivity contribution is 5.83. The molecule has 0 aliphatic rings. The molecular formula is C14H25NO. The van der Waals surface area contributed by atoms with E-state index in [1.165, 1.54) is 6.42 Å². The van der Waals surface area contributed by atoms with E-state index in [-0.39, 0.29) is 5.78 Å². The second kappa shape index (κ2) is 11.9.